The van der Waals surface area contributed by atoms with Gasteiger partial charge in [-0.2, -0.15) is 0 Å². The van der Waals surface area contributed by atoms with Gasteiger partial charge in [-0.05, 0) is 41.2 Å². The molecule has 0 aromatic carbocycles. The molecule has 2 N–H and O–H groups in total. The van der Waals surface area contributed by atoms with Crippen LogP contribution in [0.3, 0.4) is 0 Å². The van der Waals surface area contributed by atoms with Crippen LogP contribution in [-0.2, 0) is 14.0 Å². The van der Waals surface area contributed by atoms with Crippen LogP contribution < -0.4 is 5.32 Å². The normalized spacial score (nSPS) is 14.2. The fourth-order valence-electron chi connectivity index (χ4n) is 4.09. The second-order valence-corrected chi connectivity index (χ2v) is 13.2. The number of carbonyl (C=O) groups is 2. The van der Waals surface area contributed by atoms with Crippen LogP contribution in [0.5, 0.6) is 0 Å². The van der Waals surface area contributed by atoms with E-state index in [-0.39, 0.29) is 23.2 Å². The molecule has 28 heavy (non-hydrogen) atoms. The molecule has 0 fully saturated rings. The van der Waals surface area contributed by atoms with E-state index in [0.29, 0.717) is 5.56 Å². The summed E-state index contributed by atoms with van der Waals surface area (Å²) in [5.74, 6) is -1.11. The Bertz CT molecular complexity index is 615. The molecule has 158 valence electrons. The Morgan fingerprint density at radius 1 is 1.07 bits per heavy atom. The largest absolute Gasteiger partial charge is 0.479 e. The van der Waals surface area contributed by atoms with Gasteiger partial charge in [-0.15, -0.1) is 0 Å². The average Bonchev–Trinajstić information content (AvgIpc) is 2.61. The zero-order chi connectivity index (χ0) is 21.5. The van der Waals surface area contributed by atoms with Crippen LogP contribution in [0, 0.1) is 0 Å². The highest BCUT2D eigenvalue weighted by atomic mass is 28.4. The number of ether oxygens (including phenoxy) is 1. The number of carboxylic acid groups (broad SMARTS) is 1. The number of hydrogen-bond acceptors (Lipinski definition) is 5. The molecule has 0 saturated carbocycles. The molecule has 0 spiro atoms. The maximum absolute atomic E-state index is 12.3. The van der Waals surface area contributed by atoms with Crippen LogP contribution in [-0.4, -0.2) is 43.2 Å². The lowest BCUT2D eigenvalue weighted by molar-refractivity contribution is -0.147. The van der Waals surface area contributed by atoms with Crippen LogP contribution in [0.2, 0.25) is 16.6 Å². The molecule has 7 nitrogen and oxygen atoms in total. The van der Waals surface area contributed by atoms with Crippen molar-refractivity contribution < 1.29 is 23.9 Å². The predicted octanol–water partition coefficient (Wildman–Crippen LogP) is 4.51. The fraction of sp³-hybridized carbons (Fsp3) is 0.650. The van der Waals surface area contributed by atoms with Crippen molar-refractivity contribution in [1.82, 2.24) is 10.3 Å². The monoisotopic (exact) mass is 410 g/mol. The minimum absolute atomic E-state index is 0.191. The minimum Gasteiger partial charge on any atom is -0.479 e. The zero-order valence-electron chi connectivity index (χ0n) is 17.9. The molecule has 0 aliphatic carbocycles. The van der Waals surface area contributed by atoms with Crippen molar-refractivity contribution in [3.05, 3.63) is 30.1 Å². The molecule has 8 heteroatoms. The van der Waals surface area contributed by atoms with Gasteiger partial charge in [-0.1, -0.05) is 41.5 Å². The molecule has 0 saturated heterocycles. The van der Waals surface area contributed by atoms with Gasteiger partial charge in [0.1, 0.15) is 0 Å². The Balaban J connectivity index is 3.42. The number of aromatic nitrogens is 1. The second kappa shape index (κ2) is 10.6. The number of nitrogens with one attached hydrogen (secondary N) is 1. The molecule has 1 amide bonds. The summed E-state index contributed by atoms with van der Waals surface area (Å²) in [6.07, 6.45) is 1.22. The molecule has 0 radical (unpaired) electrons. The first-order chi connectivity index (χ1) is 13.1. The average molecular weight is 411 g/mol. The highest BCUT2D eigenvalue weighted by Gasteiger charge is 2.49. The van der Waals surface area contributed by atoms with Crippen LogP contribution in [0.15, 0.2) is 24.5 Å². The van der Waals surface area contributed by atoms with E-state index in [1.807, 2.05) is 0 Å². The number of alkyl carbamates (subject to hydrolysis) is 1. The molecular weight excluding hydrogens is 376 g/mol. The highest BCUT2D eigenvalue weighted by molar-refractivity contribution is 6.77. The third-order valence-electron chi connectivity index (χ3n) is 5.20. The summed E-state index contributed by atoms with van der Waals surface area (Å²) >= 11 is 0. The first-order valence-electron chi connectivity index (χ1n) is 9.81. The molecule has 0 aliphatic heterocycles. The summed E-state index contributed by atoms with van der Waals surface area (Å²) in [6, 6.07) is 2.47. The summed E-state index contributed by atoms with van der Waals surface area (Å²) in [4.78, 5) is 28.4. The summed E-state index contributed by atoms with van der Waals surface area (Å²) < 4.78 is 11.5. The molecule has 0 bridgehead atoms. The first kappa shape index (κ1) is 24.1. The number of rotatable bonds is 10. The lowest BCUT2D eigenvalue weighted by Crippen LogP contribution is -2.55. The second-order valence-electron chi connectivity index (χ2n) is 7.82. The maximum Gasteiger partial charge on any atom is 0.407 e. The van der Waals surface area contributed by atoms with E-state index in [4.69, 9.17) is 9.16 Å². The van der Waals surface area contributed by atoms with E-state index in [0.717, 1.165) is 0 Å². The topological polar surface area (TPSA) is 97.8 Å². The van der Waals surface area contributed by atoms with Gasteiger partial charge in [0, 0.05) is 12.4 Å². The van der Waals surface area contributed by atoms with Crippen molar-refractivity contribution in [3.63, 3.8) is 0 Å². The maximum atomic E-state index is 12.3. The van der Waals surface area contributed by atoms with Gasteiger partial charge in [0.2, 0.25) is 8.32 Å². The standard InChI is InChI=1S/C20H34N2O5Si/c1-8-26-20(25)22-17(16-9-11-21-12-10-16)18(19(23)24)27-28(13(2)3,14(4)5)15(6)7/h9-15,17-18H,8H2,1-7H3,(H,22,25)(H,23,24)/t17-,18+/m0/s1. The Morgan fingerprint density at radius 2 is 1.57 bits per heavy atom. The smallest absolute Gasteiger partial charge is 0.407 e. The van der Waals surface area contributed by atoms with Crippen LogP contribution in [0.1, 0.15) is 60.1 Å². The molecule has 1 rings (SSSR count). The predicted molar refractivity (Wildman–Crippen MR) is 111 cm³/mol. The van der Waals surface area contributed by atoms with Gasteiger partial charge in [-0.3, -0.25) is 4.98 Å². The van der Waals surface area contributed by atoms with E-state index in [9.17, 15) is 14.7 Å². The summed E-state index contributed by atoms with van der Waals surface area (Å²) in [5.41, 5.74) is 1.22. The number of nitrogens with zero attached hydrogens (tertiary/aromatic N) is 1. The van der Waals surface area contributed by atoms with Crippen molar-refractivity contribution in [3.8, 4) is 0 Å². The van der Waals surface area contributed by atoms with Gasteiger partial charge in [0.05, 0.1) is 12.6 Å². The minimum atomic E-state index is -2.51. The number of amides is 1. The van der Waals surface area contributed by atoms with Crippen molar-refractivity contribution in [1.29, 1.82) is 0 Å². The number of carbonyl (C=O) groups excluding carboxylic acids is 1. The molecule has 2 atom stereocenters. The van der Waals surface area contributed by atoms with E-state index < -0.39 is 32.5 Å². The van der Waals surface area contributed by atoms with Gasteiger partial charge in [-0.25, -0.2) is 9.59 Å². The van der Waals surface area contributed by atoms with E-state index in [1.165, 1.54) is 0 Å². The Morgan fingerprint density at radius 3 is 1.96 bits per heavy atom. The van der Waals surface area contributed by atoms with Crippen molar-refractivity contribution in [2.24, 2.45) is 0 Å². The highest BCUT2D eigenvalue weighted by Crippen LogP contribution is 2.44. The Labute approximate surface area is 169 Å². The molecular formula is C20H34N2O5Si. The van der Waals surface area contributed by atoms with Gasteiger partial charge in [0.25, 0.3) is 0 Å². The number of aliphatic carboxylic acids is 1. The van der Waals surface area contributed by atoms with Crippen molar-refractivity contribution >= 4 is 20.4 Å². The van der Waals surface area contributed by atoms with Crippen LogP contribution in [0.25, 0.3) is 0 Å². The SMILES string of the molecule is CCOC(=O)N[C@@H](c1ccncc1)[C@@H](O[Si](C(C)C)(C(C)C)C(C)C)C(=O)O. The lowest BCUT2D eigenvalue weighted by Gasteiger charge is -2.45. The number of carboxylic acids is 1. The quantitative estimate of drug-likeness (QED) is 0.551. The van der Waals surface area contributed by atoms with Gasteiger partial charge >= 0.3 is 12.1 Å². The van der Waals surface area contributed by atoms with E-state index in [2.05, 4.69) is 51.8 Å². The molecule has 1 heterocycles. The summed E-state index contributed by atoms with van der Waals surface area (Å²) in [6.45, 7) is 14.4. The zero-order valence-corrected chi connectivity index (χ0v) is 18.9. The lowest BCUT2D eigenvalue weighted by atomic mass is 10.0. The molecule has 0 aliphatic rings. The van der Waals surface area contributed by atoms with Crippen LogP contribution >= 0.6 is 0 Å². The van der Waals surface area contributed by atoms with Crippen molar-refractivity contribution in [2.45, 2.75) is 77.2 Å². The van der Waals surface area contributed by atoms with Crippen molar-refractivity contribution in [2.75, 3.05) is 6.61 Å². The molecule has 1 aromatic heterocycles. The Kier molecular flexibility index (Phi) is 9.10. The molecule has 0 unspecified atom stereocenters. The molecule has 1 aromatic rings. The van der Waals surface area contributed by atoms with Gasteiger partial charge in [0.15, 0.2) is 6.10 Å². The third-order valence-corrected chi connectivity index (χ3v) is 11.3. The summed E-state index contributed by atoms with van der Waals surface area (Å²) in [5, 5.41) is 12.7. The van der Waals surface area contributed by atoms with Gasteiger partial charge < -0.3 is 19.6 Å². The number of hydrogen-bond donors (Lipinski definition) is 2. The van der Waals surface area contributed by atoms with Crippen LogP contribution in [0.4, 0.5) is 4.79 Å². The fourth-order valence-corrected chi connectivity index (χ4v) is 9.59. The summed E-state index contributed by atoms with van der Waals surface area (Å²) in [7, 11) is -2.51. The Hall–Kier alpha value is -1.93. The van der Waals surface area contributed by atoms with E-state index in [1.54, 1.807) is 31.5 Å². The third kappa shape index (κ3) is 5.54. The first-order valence-corrected chi connectivity index (χ1v) is 12.0. The van der Waals surface area contributed by atoms with E-state index >= 15 is 0 Å². The number of pyridine rings is 1.